The standard InChI is InChI=1S/C16H25ClN2O/c1-3-8-18-12-13-4-5-14(17)11-16(13)19(9-10-20-2)15-6-7-15/h4-5,11,15,18H,3,6-10,12H2,1-2H3. The van der Waals surface area contributed by atoms with Crippen molar-refractivity contribution in [1.29, 1.82) is 0 Å². The molecule has 1 saturated carbocycles. The Kier molecular flexibility index (Phi) is 6.14. The van der Waals surface area contributed by atoms with Gasteiger partial charge in [-0.15, -0.1) is 0 Å². The lowest BCUT2D eigenvalue weighted by Crippen LogP contribution is -2.31. The van der Waals surface area contributed by atoms with Crippen molar-refractivity contribution in [3.05, 3.63) is 28.8 Å². The number of hydrogen-bond acceptors (Lipinski definition) is 3. The number of methoxy groups -OCH3 is 1. The van der Waals surface area contributed by atoms with Crippen molar-refractivity contribution >= 4 is 17.3 Å². The van der Waals surface area contributed by atoms with E-state index in [1.165, 1.54) is 24.1 Å². The van der Waals surface area contributed by atoms with Gasteiger partial charge in [-0.05, 0) is 43.5 Å². The zero-order valence-electron chi connectivity index (χ0n) is 12.5. The number of anilines is 1. The molecular weight excluding hydrogens is 272 g/mol. The highest BCUT2D eigenvalue weighted by Crippen LogP contribution is 2.34. The Bertz CT molecular complexity index is 421. The fourth-order valence-electron chi connectivity index (χ4n) is 2.43. The van der Waals surface area contributed by atoms with Gasteiger partial charge in [-0.1, -0.05) is 24.6 Å². The maximum Gasteiger partial charge on any atom is 0.0637 e. The minimum absolute atomic E-state index is 0.661. The van der Waals surface area contributed by atoms with Gasteiger partial charge in [0.2, 0.25) is 0 Å². The lowest BCUT2D eigenvalue weighted by molar-refractivity contribution is 0.205. The summed E-state index contributed by atoms with van der Waals surface area (Å²) in [6.45, 7) is 5.82. The second kappa shape index (κ2) is 7.87. The number of rotatable bonds is 9. The van der Waals surface area contributed by atoms with E-state index in [0.29, 0.717) is 6.04 Å². The third-order valence-electron chi connectivity index (χ3n) is 3.62. The molecule has 0 bridgehead atoms. The van der Waals surface area contributed by atoms with E-state index in [4.69, 9.17) is 16.3 Å². The zero-order chi connectivity index (χ0) is 14.4. The summed E-state index contributed by atoms with van der Waals surface area (Å²) in [7, 11) is 1.76. The molecule has 1 aromatic rings. The topological polar surface area (TPSA) is 24.5 Å². The average Bonchev–Trinajstić information content (AvgIpc) is 3.26. The Morgan fingerprint density at radius 1 is 1.40 bits per heavy atom. The smallest absolute Gasteiger partial charge is 0.0637 e. The first-order valence-electron chi connectivity index (χ1n) is 7.51. The number of hydrogen-bond donors (Lipinski definition) is 1. The second-order valence-corrected chi connectivity index (χ2v) is 5.80. The molecule has 1 fully saturated rings. The highest BCUT2D eigenvalue weighted by Gasteiger charge is 2.30. The Morgan fingerprint density at radius 2 is 2.20 bits per heavy atom. The van der Waals surface area contributed by atoms with Gasteiger partial charge in [-0.25, -0.2) is 0 Å². The summed E-state index contributed by atoms with van der Waals surface area (Å²) in [5, 5.41) is 4.29. The van der Waals surface area contributed by atoms with Crippen LogP contribution in [0.4, 0.5) is 5.69 Å². The quantitative estimate of drug-likeness (QED) is 0.706. The summed E-state index contributed by atoms with van der Waals surface area (Å²) in [5.74, 6) is 0. The van der Waals surface area contributed by atoms with Crippen molar-refractivity contribution in [2.24, 2.45) is 0 Å². The van der Waals surface area contributed by atoms with E-state index < -0.39 is 0 Å². The molecule has 0 saturated heterocycles. The fraction of sp³-hybridized carbons (Fsp3) is 0.625. The van der Waals surface area contributed by atoms with E-state index in [9.17, 15) is 0 Å². The molecule has 1 aliphatic carbocycles. The Balaban J connectivity index is 2.14. The van der Waals surface area contributed by atoms with Gasteiger partial charge in [0, 0.05) is 37.0 Å². The van der Waals surface area contributed by atoms with Gasteiger partial charge >= 0.3 is 0 Å². The summed E-state index contributed by atoms with van der Waals surface area (Å²) in [4.78, 5) is 2.46. The summed E-state index contributed by atoms with van der Waals surface area (Å²) >= 11 is 6.20. The molecule has 0 aromatic heterocycles. The van der Waals surface area contributed by atoms with Gasteiger partial charge in [0.05, 0.1) is 6.61 Å². The first-order chi connectivity index (χ1) is 9.76. The Labute approximate surface area is 127 Å². The highest BCUT2D eigenvalue weighted by molar-refractivity contribution is 6.30. The molecular formula is C16H25ClN2O. The van der Waals surface area contributed by atoms with Crippen LogP contribution in [0.25, 0.3) is 0 Å². The predicted octanol–water partition coefficient (Wildman–Crippen LogP) is 3.45. The SMILES string of the molecule is CCCNCc1ccc(Cl)cc1N(CCOC)C1CC1. The van der Waals surface area contributed by atoms with Crippen molar-refractivity contribution < 1.29 is 4.74 Å². The van der Waals surface area contributed by atoms with Crippen LogP contribution in [-0.2, 0) is 11.3 Å². The van der Waals surface area contributed by atoms with Gasteiger partial charge in [-0.2, -0.15) is 0 Å². The van der Waals surface area contributed by atoms with Crippen molar-refractivity contribution in [2.75, 3.05) is 31.7 Å². The van der Waals surface area contributed by atoms with E-state index in [1.54, 1.807) is 7.11 Å². The second-order valence-electron chi connectivity index (χ2n) is 5.37. The Hall–Kier alpha value is -0.770. The van der Waals surface area contributed by atoms with Gasteiger partial charge in [0.15, 0.2) is 0 Å². The summed E-state index contributed by atoms with van der Waals surface area (Å²) in [6.07, 6.45) is 3.70. The molecule has 0 radical (unpaired) electrons. The lowest BCUT2D eigenvalue weighted by Gasteiger charge is -2.27. The monoisotopic (exact) mass is 296 g/mol. The molecule has 2 rings (SSSR count). The molecule has 0 unspecified atom stereocenters. The molecule has 0 spiro atoms. The predicted molar refractivity (Wildman–Crippen MR) is 85.7 cm³/mol. The van der Waals surface area contributed by atoms with Crippen molar-refractivity contribution in [3.63, 3.8) is 0 Å². The van der Waals surface area contributed by atoms with Crippen LogP contribution in [0.1, 0.15) is 31.7 Å². The van der Waals surface area contributed by atoms with E-state index in [-0.39, 0.29) is 0 Å². The molecule has 3 nitrogen and oxygen atoms in total. The first kappa shape index (κ1) is 15.6. The van der Waals surface area contributed by atoms with Crippen LogP contribution in [0, 0.1) is 0 Å². The molecule has 1 aromatic carbocycles. The van der Waals surface area contributed by atoms with Crippen LogP contribution in [0.15, 0.2) is 18.2 Å². The van der Waals surface area contributed by atoms with Crippen LogP contribution < -0.4 is 10.2 Å². The number of halogens is 1. The van der Waals surface area contributed by atoms with Crippen LogP contribution in [0.3, 0.4) is 0 Å². The number of nitrogens with zero attached hydrogens (tertiary/aromatic N) is 1. The van der Waals surface area contributed by atoms with E-state index in [1.807, 2.05) is 6.07 Å². The maximum absolute atomic E-state index is 6.20. The molecule has 1 N–H and O–H groups in total. The van der Waals surface area contributed by atoms with Crippen LogP contribution in [0.2, 0.25) is 5.02 Å². The van der Waals surface area contributed by atoms with Crippen LogP contribution in [-0.4, -0.2) is 32.8 Å². The highest BCUT2D eigenvalue weighted by atomic mass is 35.5. The molecule has 0 heterocycles. The molecule has 1 aliphatic rings. The van der Waals surface area contributed by atoms with Gasteiger partial charge in [0.1, 0.15) is 0 Å². The number of ether oxygens (including phenoxy) is 1. The first-order valence-corrected chi connectivity index (χ1v) is 7.88. The normalized spacial score (nSPS) is 14.6. The summed E-state index contributed by atoms with van der Waals surface area (Å²) in [5.41, 5.74) is 2.59. The van der Waals surface area contributed by atoms with Gasteiger partial charge < -0.3 is 15.0 Å². The largest absolute Gasteiger partial charge is 0.383 e. The fourth-order valence-corrected chi connectivity index (χ4v) is 2.60. The van der Waals surface area contributed by atoms with E-state index in [0.717, 1.165) is 37.7 Å². The zero-order valence-corrected chi connectivity index (χ0v) is 13.2. The number of nitrogens with one attached hydrogen (secondary N) is 1. The van der Waals surface area contributed by atoms with Crippen LogP contribution in [0.5, 0.6) is 0 Å². The minimum Gasteiger partial charge on any atom is -0.383 e. The molecule has 0 amide bonds. The molecule has 4 heteroatoms. The third-order valence-corrected chi connectivity index (χ3v) is 3.86. The third kappa shape index (κ3) is 4.37. The van der Waals surface area contributed by atoms with E-state index in [2.05, 4.69) is 29.3 Å². The number of benzene rings is 1. The molecule has 112 valence electrons. The minimum atomic E-state index is 0.661. The summed E-state index contributed by atoms with van der Waals surface area (Å²) in [6, 6.07) is 6.88. The molecule has 20 heavy (non-hydrogen) atoms. The average molecular weight is 297 g/mol. The Morgan fingerprint density at radius 3 is 2.85 bits per heavy atom. The van der Waals surface area contributed by atoms with Crippen molar-refractivity contribution in [1.82, 2.24) is 5.32 Å². The molecule has 0 atom stereocenters. The van der Waals surface area contributed by atoms with Crippen LogP contribution >= 0.6 is 11.6 Å². The van der Waals surface area contributed by atoms with E-state index >= 15 is 0 Å². The van der Waals surface area contributed by atoms with Crippen molar-refractivity contribution in [3.8, 4) is 0 Å². The van der Waals surface area contributed by atoms with Crippen molar-refractivity contribution in [2.45, 2.75) is 38.8 Å². The summed E-state index contributed by atoms with van der Waals surface area (Å²) < 4.78 is 5.25. The van der Waals surface area contributed by atoms with Gasteiger partial charge in [0.25, 0.3) is 0 Å². The maximum atomic E-state index is 6.20. The lowest BCUT2D eigenvalue weighted by atomic mass is 10.1. The van der Waals surface area contributed by atoms with Gasteiger partial charge in [-0.3, -0.25) is 0 Å². The molecule has 0 aliphatic heterocycles.